The Balaban J connectivity index is 3.03. The fourth-order valence-electron chi connectivity index (χ4n) is 1.68. The van der Waals surface area contributed by atoms with E-state index in [2.05, 4.69) is 5.32 Å². The van der Waals surface area contributed by atoms with Crippen LogP contribution < -0.4 is 10.1 Å². The van der Waals surface area contributed by atoms with E-state index >= 15 is 0 Å². The fraction of sp³-hybridized carbons (Fsp3) is 0.429. The topological polar surface area (TPSA) is 95.9 Å². The summed E-state index contributed by atoms with van der Waals surface area (Å²) in [5, 5.41) is 21.3. The van der Waals surface area contributed by atoms with Gasteiger partial charge < -0.3 is 20.3 Å². The number of hydrogen-bond donors (Lipinski definition) is 3. The summed E-state index contributed by atoms with van der Waals surface area (Å²) in [6.07, 6.45) is 0. The molecule has 0 saturated heterocycles. The molecule has 1 aromatic rings. The van der Waals surface area contributed by atoms with Crippen molar-refractivity contribution >= 4 is 11.9 Å². The van der Waals surface area contributed by atoms with Crippen molar-refractivity contribution in [2.24, 2.45) is 5.41 Å². The number of methoxy groups -OCH3 is 1. The number of hydrogen-bond acceptors (Lipinski definition) is 4. The van der Waals surface area contributed by atoms with Crippen LogP contribution in [0.4, 0.5) is 0 Å². The van der Waals surface area contributed by atoms with Gasteiger partial charge in [-0.25, -0.2) is 4.79 Å². The lowest BCUT2D eigenvalue weighted by Gasteiger charge is -2.27. The van der Waals surface area contributed by atoms with Crippen molar-refractivity contribution in [3.05, 3.63) is 23.8 Å². The molecule has 6 nitrogen and oxygen atoms in total. The molecular weight excluding hydrogens is 262 g/mol. The van der Waals surface area contributed by atoms with E-state index in [0.717, 1.165) is 0 Å². The predicted octanol–water partition coefficient (Wildman–Crippen LogP) is 1.63. The minimum absolute atomic E-state index is 0.0279. The molecule has 1 unspecified atom stereocenters. The van der Waals surface area contributed by atoms with E-state index in [1.807, 2.05) is 0 Å². The monoisotopic (exact) mass is 281 g/mol. The Labute approximate surface area is 117 Å². The van der Waals surface area contributed by atoms with Crippen LogP contribution in [0.3, 0.4) is 0 Å². The molecule has 0 aromatic heterocycles. The number of aromatic hydroxyl groups is 1. The highest BCUT2D eigenvalue weighted by Crippen LogP contribution is 2.24. The van der Waals surface area contributed by atoms with E-state index in [1.165, 1.54) is 25.3 Å². The Morgan fingerprint density at radius 1 is 1.30 bits per heavy atom. The van der Waals surface area contributed by atoms with Gasteiger partial charge in [-0.15, -0.1) is 0 Å². The maximum atomic E-state index is 12.1. The molecular formula is C14H19NO5. The van der Waals surface area contributed by atoms with Crippen molar-refractivity contribution in [3.8, 4) is 11.5 Å². The molecule has 0 aliphatic carbocycles. The highest BCUT2D eigenvalue weighted by atomic mass is 16.5. The van der Waals surface area contributed by atoms with Gasteiger partial charge in [0.1, 0.15) is 17.5 Å². The molecule has 1 amide bonds. The van der Waals surface area contributed by atoms with Crippen LogP contribution in [0.25, 0.3) is 0 Å². The zero-order valence-electron chi connectivity index (χ0n) is 11.9. The highest BCUT2D eigenvalue weighted by molar-refractivity contribution is 5.99. The molecule has 1 rings (SSSR count). The Kier molecular flexibility index (Phi) is 4.60. The first kappa shape index (κ1) is 15.8. The van der Waals surface area contributed by atoms with E-state index in [1.54, 1.807) is 20.8 Å². The van der Waals surface area contributed by atoms with Gasteiger partial charge in [-0.3, -0.25) is 4.79 Å². The molecule has 1 aromatic carbocycles. The summed E-state index contributed by atoms with van der Waals surface area (Å²) in [6.45, 7) is 5.12. The van der Waals surface area contributed by atoms with Crippen LogP contribution in [0, 0.1) is 5.41 Å². The minimum Gasteiger partial charge on any atom is -0.507 e. The smallest absolute Gasteiger partial charge is 0.326 e. The van der Waals surface area contributed by atoms with Crippen LogP contribution in [0.2, 0.25) is 0 Å². The van der Waals surface area contributed by atoms with Crippen LogP contribution in [-0.2, 0) is 4.79 Å². The molecule has 20 heavy (non-hydrogen) atoms. The highest BCUT2D eigenvalue weighted by Gasteiger charge is 2.33. The van der Waals surface area contributed by atoms with Gasteiger partial charge in [0.05, 0.1) is 12.7 Å². The van der Waals surface area contributed by atoms with Crippen molar-refractivity contribution in [2.45, 2.75) is 26.8 Å². The first-order valence-corrected chi connectivity index (χ1v) is 6.07. The lowest BCUT2D eigenvalue weighted by atomic mass is 9.86. The van der Waals surface area contributed by atoms with Gasteiger partial charge in [-0.2, -0.15) is 0 Å². The second kappa shape index (κ2) is 5.81. The first-order chi connectivity index (χ1) is 9.16. The molecule has 0 spiro atoms. The van der Waals surface area contributed by atoms with Gasteiger partial charge in [0, 0.05) is 0 Å². The second-order valence-electron chi connectivity index (χ2n) is 5.49. The number of amides is 1. The summed E-state index contributed by atoms with van der Waals surface area (Å²) in [4.78, 5) is 23.3. The lowest BCUT2D eigenvalue weighted by Crippen LogP contribution is -2.49. The zero-order chi connectivity index (χ0) is 15.5. The number of benzene rings is 1. The Hall–Kier alpha value is -2.24. The molecule has 0 aliphatic rings. The second-order valence-corrected chi connectivity index (χ2v) is 5.49. The van der Waals surface area contributed by atoms with Crippen molar-refractivity contribution in [2.75, 3.05) is 7.11 Å². The van der Waals surface area contributed by atoms with Gasteiger partial charge in [0.2, 0.25) is 0 Å². The van der Waals surface area contributed by atoms with Crippen molar-refractivity contribution < 1.29 is 24.5 Å². The van der Waals surface area contributed by atoms with E-state index in [4.69, 9.17) is 4.74 Å². The summed E-state index contributed by atoms with van der Waals surface area (Å²) >= 11 is 0. The summed E-state index contributed by atoms with van der Waals surface area (Å²) in [5.74, 6) is -1.63. The van der Waals surface area contributed by atoms with Crippen LogP contribution in [0.1, 0.15) is 31.1 Å². The SMILES string of the molecule is COc1ccc(O)c(C(=O)NC(C(=O)O)C(C)(C)C)c1. The quantitative estimate of drug-likeness (QED) is 0.779. The van der Waals surface area contributed by atoms with Crippen LogP contribution in [0.5, 0.6) is 11.5 Å². The summed E-state index contributed by atoms with van der Waals surface area (Å²) < 4.78 is 4.97. The maximum absolute atomic E-state index is 12.1. The first-order valence-electron chi connectivity index (χ1n) is 6.07. The number of phenolic OH excluding ortho intramolecular Hbond substituents is 1. The average Bonchev–Trinajstić information content (AvgIpc) is 2.34. The molecule has 0 bridgehead atoms. The number of carboxylic acids is 1. The van der Waals surface area contributed by atoms with Crippen molar-refractivity contribution in [1.29, 1.82) is 0 Å². The third kappa shape index (κ3) is 3.63. The van der Waals surface area contributed by atoms with Gasteiger partial charge >= 0.3 is 5.97 Å². The summed E-state index contributed by atoms with van der Waals surface area (Å²) in [6, 6.07) is 3.11. The molecule has 0 heterocycles. The Morgan fingerprint density at radius 3 is 2.35 bits per heavy atom. The molecule has 0 saturated carbocycles. The van der Waals surface area contributed by atoms with Gasteiger partial charge in [0.25, 0.3) is 5.91 Å². The molecule has 1 atom stereocenters. The number of carbonyl (C=O) groups excluding carboxylic acids is 1. The number of ether oxygens (including phenoxy) is 1. The summed E-state index contributed by atoms with van der Waals surface area (Å²) in [5.41, 5.74) is -0.685. The van der Waals surface area contributed by atoms with Crippen molar-refractivity contribution in [3.63, 3.8) is 0 Å². The van der Waals surface area contributed by atoms with E-state index in [0.29, 0.717) is 5.75 Å². The zero-order valence-corrected chi connectivity index (χ0v) is 11.9. The van der Waals surface area contributed by atoms with Crippen LogP contribution in [0.15, 0.2) is 18.2 Å². The molecule has 0 aliphatic heterocycles. The summed E-state index contributed by atoms with van der Waals surface area (Å²) in [7, 11) is 1.43. The average molecular weight is 281 g/mol. The van der Waals surface area contributed by atoms with E-state index in [-0.39, 0.29) is 11.3 Å². The molecule has 110 valence electrons. The predicted molar refractivity (Wildman–Crippen MR) is 73.0 cm³/mol. The number of rotatable bonds is 4. The number of carboxylic acid groups (broad SMARTS) is 1. The van der Waals surface area contributed by atoms with E-state index < -0.39 is 23.3 Å². The number of aliphatic carboxylic acids is 1. The normalized spacial score (nSPS) is 12.6. The van der Waals surface area contributed by atoms with Gasteiger partial charge in [-0.05, 0) is 23.6 Å². The molecule has 0 fully saturated rings. The van der Waals surface area contributed by atoms with Crippen LogP contribution in [-0.4, -0.2) is 35.2 Å². The Bertz CT molecular complexity index is 519. The number of carbonyl (C=O) groups is 2. The van der Waals surface area contributed by atoms with Gasteiger partial charge in [-0.1, -0.05) is 20.8 Å². The number of nitrogens with one attached hydrogen (secondary N) is 1. The largest absolute Gasteiger partial charge is 0.507 e. The van der Waals surface area contributed by atoms with Crippen molar-refractivity contribution in [1.82, 2.24) is 5.32 Å². The Morgan fingerprint density at radius 2 is 1.90 bits per heavy atom. The lowest BCUT2D eigenvalue weighted by molar-refractivity contribution is -0.142. The minimum atomic E-state index is -1.13. The third-order valence-corrected chi connectivity index (χ3v) is 2.84. The third-order valence-electron chi connectivity index (χ3n) is 2.84. The maximum Gasteiger partial charge on any atom is 0.326 e. The fourth-order valence-corrected chi connectivity index (χ4v) is 1.68. The molecule has 3 N–H and O–H groups in total. The molecule has 0 radical (unpaired) electrons. The molecule has 6 heteroatoms. The number of phenols is 1. The standard InChI is InChI=1S/C14H19NO5/c1-14(2,3)11(13(18)19)15-12(17)9-7-8(20-4)5-6-10(9)16/h5-7,11,16H,1-4H3,(H,15,17)(H,18,19). The van der Waals surface area contributed by atoms with Crippen LogP contribution >= 0.6 is 0 Å². The van der Waals surface area contributed by atoms with E-state index in [9.17, 15) is 19.8 Å². The van der Waals surface area contributed by atoms with Gasteiger partial charge in [0.15, 0.2) is 0 Å².